The lowest BCUT2D eigenvalue weighted by Gasteiger charge is -2.24. The Labute approximate surface area is 110 Å². The molecule has 1 N–H and O–H groups in total. The van der Waals surface area contributed by atoms with Crippen LogP contribution < -0.4 is 0 Å². The summed E-state index contributed by atoms with van der Waals surface area (Å²) in [5, 5.41) is 9.67. The van der Waals surface area contributed by atoms with Crippen molar-refractivity contribution >= 4 is 5.91 Å². The molecule has 1 amide bonds. The van der Waals surface area contributed by atoms with E-state index in [0.29, 0.717) is 13.0 Å². The van der Waals surface area contributed by atoms with Crippen LogP contribution in [-0.2, 0) is 4.79 Å². The highest BCUT2D eigenvalue weighted by Crippen LogP contribution is 2.31. The van der Waals surface area contributed by atoms with Crippen LogP contribution in [0.25, 0.3) is 0 Å². The van der Waals surface area contributed by atoms with Crippen LogP contribution >= 0.6 is 0 Å². The van der Waals surface area contributed by atoms with E-state index < -0.39 is 23.1 Å². The summed E-state index contributed by atoms with van der Waals surface area (Å²) in [7, 11) is 0. The Morgan fingerprint density at radius 3 is 2.47 bits per heavy atom. The van der Waals surface area contributed by atoms with Crippen molar-refractivity contribution < 1.29 is 18.7 Å². The van der Waals surface area contributed by atoms with Crippen molar-refractivity contribution in [1.29, 1.82) is 0 Å². The maximum absolute atomic E-state index is 13.7. The molecule has 2 rings (SSSR count). The topological polar surface area (TPSA) is 40.5 Å². The van der Waals surface area contributed by atoms with E-state index in [1.165, 1.54) is 36.9 Å². The number of likely N-dealkylation sites (tertiary alicyclic amines) is 1. The quantitative estimate of drug-likeness (QED) is 0.892. The molecule has 1 aliphatic heterocycles. The van der Waals surface area contributed by atoms with Gasteiger partial charge in [0.15, 0.2) is 0 Å². The van der Waals surface area contributed by atoms with Crippen LogP contribution in [0, 0.1) is 11.6 Å². The zero-order chi connectivity index (χ0) is 14.2. The van der Waals surface area contributed by atoms with Gasteiger partial charge in [-0.25, -0.2) is 8.78 Å². The predicted molar refractivity (Wildman–Crippen MR) is 66.6 cm³/mol. The van der Waals surface area contributed by atoms with Gasteiger partial charge in [0.25, 0.3) is 5.91 Å². The molecular weight excluding hydrogens is 252 g/mol. The van der Waals surface area contributed by atoms with E-state index in [2.05, 4.69) is 0 Å². The molecule has 1 aromatic carbocycles. The Balaban J connectivity index is 2.17. The van der Waals surface area contributed by atoms with Gasteiger partial charge in [-0.3, -0.25) is 4.79 Å². The Morgan fingerprint density at radius 2 is 1.95 bits per heavy atom. The van der Waals surface area contributed by atoms with Gasteiger partial charge in [0.05, 0.1) is 0 Å². The second-order valence-electron chi connectivity index (χ2n) is 5.43. The maximum atomic E-state index is 13.7. The lowest BCUT2D eigenvalue weighted by atomic mass is 9.97. The lowest BCUT2D eigenvalue weighted by Crippen LogP contribution is -2.43. The molecule has 1 saturated heterocycles. The molecule has 0 aliphatic carbocycles. The highest BCUT2D eigenvalue weighted by molar-refractivity contribution is 5.84. The van der Waals surface area contributed by atoms with Crippen molar-refractivity contribution in [2.24, 2.45) is 0 Å². The Kier molecular flexibility index (Phi) is 3.58. The zero-order valence-electron chi connectivity index (χ0n) is 11.0. The van der Waals surface area contributed by atoms with Gasteiger partial charge in [-0.15, -0.1) is 0 Å². The molecule has 1 atom stereocenters. The monoisotopic (exact) mass is 269 g/mol. The third kappa shape index (κ3) is 2.76. The highest BCUT2D eigenvalue weighted by atomic mass is 19.1. The minimum atomic E-state index is -1.46. The number of amides is 1. The molecule has 1 heterocycles. The standard InChI is InChI=1S/C14H17F2NO2/c1-14(2,19)13(18)17-7-6-9(8-17)12-10(15)4-3-5-11(12)16/h3-5,9,19H,6-8H2,1-2H3/t9-/m0/s1. The first-order valence-electron chi connectivity index (χ1n) is 6.26. The van der Waals surface area contributed by atoms with Gasteiger partial charge in [0.1, 0.15) is 17.2 Å². The maximum Gasteiger partial charge on any atom is 0.253 e. The van der Waals surface area contributed by atoms with Crippen LogP contribution in [0.1, 0.15) is 31.7 Å². The molecule has 1 fully saturated rings. The second-order valence-corrected chi connectivity index (χ2v) is 5.43. The molecule has 1 aromatic rings. The van der Waals surface area contributed by atoms with Crippen LogP contribution in [0.2, 0.25) is 0 Å². The minimum Gasteiger partial charge on any atom is -0.381 e. The van der Waals surface area contributed by atoms with Crippen molar-refractivity contribution in [2.75, 3.05) is 13.1 Å². The van der Waals surface area contributed by atoms with Crippen LogP contribution in [0.15, 0.2) is 18.2 Å². The van der Waals surface area contributed by atoms with E-state index in [9.17, 15) is 18.7 Å². The fraction of sp³-hybridized carbons (Fsp3) is 0.500. The summed E-state index contributed by atoms with van der Waals surface area (Å²) in [6, 6.07) is 3.76. The molecule has 0 aromatic heterocycles. The zero-order valence-corrected chi connectivity index (χ0v) is 11.0. The number of benzene rings is 1. The largest absolute Gasteiger partial charge is 0.381 e. The summed E-state index contributed by atoms with van der Waals surface area (Å²) >= 11 is 0. The van der Waals surface area contributed by atoms with E-state index in [1.54, 1.807) is 0 Å². The smallest absolute Gasteiger partial charge is 0.253 e. The van der Waals surface area contributed by atoms with Crippen molar-refractivity contribution in [1.82, 2.24) is 4.90 Å². The first-order valence-corrected chi connectivity index (χ1v) is 6.26. The SMILES string of the molecule is CC(C)(O)C(=O)N1CC[C@H](c2c(F)cccc2F)C1. The number of hydrogen-bond acceptors (Lipinski definition) is 2. The molecule has 3 nitrogen and oxygen atoms in total. The normalized spacial score (nSPS) is 19.8. The van der Waals surface area contributed by atoms with Gasteiger partial charge in [-0.2, -0.15) is 0 Å². The average Bonchev–Trinajstić information content (AvgIpc) is 2.75. The summed E-state index contributed by atoms with van der Waals surface area (Å²) < 4.78 is 27.3. The molecule has 0 radical (unpaired) electrons. The summed E-state index contributed by atoms with van der Waals surface area (Å²) in [6.07, 6.45) is 0.500. The lowest BCUT2D eigenvalue weighted by molar-refractivity contribution is -0.146. The van der Waals surface area contributed by atoms with Crippen LogP contribution in [0.5, 0.6) is 0 Å². The fourth-order valence-electron chi connectivity index (χ4n) is 2.47. The molecular formula is C14H17F2NO2. The van der Waals surface area contributed by atoms with Crippen LogP contribution in [0.4, 0.5) is 8.78 Å². The predicted octanol–water partition coefficient (Wildman–Crippen LogP) is 2.05. The average molecular weight is 269 g/mol. The van der Waals surface area contributed by atoms with E-state index in [-0.39, 0.29) is 18.0 Å². The van der Waals surface area contributed by atoms with E-state index in [0.717, 1.165) is 0 Å². The first kappa shape index (κ1) is 13.9. The van der Waals surface area contributed by atoms with Crippen molar-refractivity contribution in [3.8, 4) is 0 Å². The van der Waals surface area contributed by atoms with E-state index in [4.69, 9.17) is 0 Å². The fourth-order valence-corrected chi connectivity index (χ4v) is 2.47. The summed E-state index contributed by atoms with van der Waals surface area (Å²) in [6.45, 7) is 3.46. The number of carbonyl (C=O) groups is 1. The molecule has 0 saturated carbocycles. The number of halogens is 2. The van der Waals surface area contributed by atoms with Crippen LogP contribution in [-0.4, -0.2) is 34.6 Å². The molecule has 0 bridgehead atoms. The highest BCUT2D eigenvalue weighted by Gasteiger charge is 2.36. The molecule has 1 aliphatic rings. The minimum absolute atomic E-state index is 0.0357. The molecule has 0 spiro atoms. The number of rotatable bonds is 2. The van der Waals surface area contributed by atoms with Gasteiger partial charge in [0.2, 0.25) is 0 Å². The summed E-state index contributed by atoms with van der Waals surface area (Å²) in [5.74, 6) is -1.93. The first-order chi connectivity index (χ1) is 8.80. The van der Waals surface area contributed by atoms with Gasteiger partial charge >= 0.3 is 0 Å². The van der Waals surface area contributed by atoms with Gasteiger partial charge < -0.3 is 10.0 Å². The van der Waals surface area contributed by atoms with Crippen molar-refractivity contribution in [3.63, 3.8) is 0 Å². The summed E-state index contributed by atoms with van der Waals surface area (Å²) in [4.78, 5) is 13.4. The third-order valence-corrected chi connectivity index (χ3v) is 3.41. The Morgan fingerprint density at radius 1 is 1.37 bits per heavy atom. The van der Waals surface area contributed by atoms with Crippen LogP contribution in [0.3, 0.4) is 0 Å². The number of hydrogen-bond donors (Lipinski definition) is 1. The Hall–Kier alpha value is -1.49. The van der Waals surface area contributed by atoms with E-state index >= 15 is 0 Å². The van der Waals surface area contributed by atoms with Crippen molar-refractivity contribution in [3.05, 3.63) is 35.4 Å². The van der Waals surface area contributed by atoms with Gasteiger partial charge in [0, 0.05) is 24.6 Å². The third-order valence-electron chi connectivity index (χ3n) is 3.41. The van der Waals surface area contributed by atoms with Gasteiger partial charge in [-0.05, 0) is 32.4 Å². The number of carbonyl (C=O) groups excluding carboxylic acids is 1. The number of nitrogens with zero attached hydrogens (tertiary/aromatic N) is 1. The van der Waals surface area contributed by atoms with E-state index in [1.807, 2.05) is 0 Å². The molecule has 5 heteroatoms. The number of aliphatic hydroxyl groups is 1. The van der Waals surface area contributed by atoms with Crippen molar-refractivity contribution in [2.45, 2.75) is 31.8 Å². The summed E-state index contributed by atoms with van der Waals surface area (Å²) in [5.41, 5.74) is -1.42. The molecule has 0 unspecified atom stereocenters. The molecule has 19 heavy (non-hydrogen) atoms. The second kappa shape index (κ2) is 4.89. The van der Waals surface area contributed by atoms with Gasteiger partial charge in [-0.1, -0.05) is 6.07 Å². The Bertz CT molecular complexity index is 476. The molecule has 104 valence electrons.